The maximum Gasteiger partial charge on any atom is 0.315 e. The summed E-state index contributed by atoms with van der Waals surface area (Å²) < 4.78 is 5.43. The SMILES string of the molecule is COC1(CNC(=O)NC2CCC2)CCC1. The molecule has 0 atom stereocenters. The van der Waals surface area contributed by atoms with Crippen molar-refractivity contribution in [1.29, 1.82) is 0 Å². The van der Waals surface area contributed by atoms with Gasteiger partial charge >= 0.3 is 6.03 Å². The van der Waals surface area contributed by atoms with Crippen LogP contribution in [0.2, 0.25) is 0 Å². The normalized spacial score (nSPS) is 23.8. The van der Waals surface area contributed by atoms with E-state index in [0.717, 1.165) is 25.7 Å². The van der Waals surface area contributed by atoms with Crippen LogP contribution in [0.1, 0.15) is 38.5 Å². The first-order chi connectivity index (χ1) is 7.24. The van der Waals surface area contributed by atoms with Crippen LogP contribution in [-0.2, 0) is 4.74 Å². The molecule has 2 rings (SSSR count). The standard InChI is InChI=1S/C11H20N2O2/c1-15-11(6-3-7-11)8-12-10(14)13-9-4-2-5-9/h9H,2-8H2,1H3,(H2,12,13,14). The average molecular weight is 212 g/mol. The van der Waals surface area contributed by atoms with Crippen LogP contribution in [0.15, 0.2) is 0 Å². The smallest absolute Gasteiger partial charge is 0.315 e. The molecule has 86 valence electrons. The molecule has 2 N–H and O–H groups in total. The van der Waals surface area contributed by atoms with Crippen LogP contribution in [0.5, 0.6) is 0 Å². The molecule has 0 aliphatic heterocycles. The molecule has 0 saturated heterocycles. The highest BCUT2D eigenvalue weighted by Gasteiger charge is 2.37. The number of nitrogens with one attached hydrogen (secondary N) is 2. The maximum atomic E-state index is 11.5. The Morgan fingerprint density at radius 1 is 1.40 bits per heavy atom. The lowest BCUT2D eigenvalue weighted by Crippen LogP contribution is -2.53. The summed E-state index contributed by atoms with van der Waals surface area (Å²) in [6.45, 7) is 0.641. The lowest BCUT2D eigenvalue weighted by molar-refractivity contribution is -0.0674. The quantitative estimate of drug-likeness (QED) is 0.740. The van der Waals surface area contributed by atoms with Crippen molar-refractivity contribution in [3.05, 3.63) is 0 Å². The highest BCUT2D eigenvalue weighted by molar-refractivity contribution is 5.74. The summed E-state index contributed by atoms with van der Waals surface area (Å²) in [5, 5.41) is 5.86. The second-order valence-electron chi connectivity index (χ2n) is 4.70. The second kappa shape index (κ2) is 4.39. The Hall–Kier alpha value is -0.770. The van der Waals surface area contributed by atoms with Gasteiger partial charge in [0.05, 0.1) is 5.60 Å². The minimum absolute atomic E-state index is 0.0389. The molecule has 0 aromatic heterocycles. The number of hydrogen-bond acceptors (Lipinski definition) is 2. The summed E-state index contributed by atoms with van der Waals surface area (Å²) in [4.78, 5) is 11.5. The number of urea groups is 1. The van der Waals surface area contributed by atoms with Crippen molar-refractivity contribution in [2.75, 3.05) is 13.7 Å². The van der Waals surface area contributed by atoms with Gasteiger partial charge in [0, 0.05) is 19.7 Å². The Morgan fingerprint density at radius 3 is 2.53 bits per heavy atom. The molecule has 0 radical (unpaired) electrons. The number of ether oxygens (including phenoxy) is 1. The fourth-order valence-corrected chi connectivity index (χ4v) is 2.05. The van der Waals surface area contributed by atoms with Gasteiger partial charge in [0.2, 0.25) is 0 Å². The van der Waals surface area contributed by atoms with E-state index in [-0.39, 0.29) is 11.6 Å². The van der Waals surface area contributed by atoms with Crippen LogP contribution in [0.4, 0.5) is 4.79 Å². The highest BCUT2D eigenvalue weighted by Crippen LogP contribution is 2.34. The van der Waals surface area contributed by atoms with Crippen molar-refractivity contribution < 1.29 is 9.53 Å². The molecule has 0 unspecified atom stereocenters. The van der Waals surface area contributed by atoms with Crippen LogP contribution < -0.4 is 10.6 Å². The molecular formula is C11H20N2O2. The number of hydrogen-bond donors (Lipinski definition) is 2. The zero-order valence-corrected chi connectivity index (χ0v) is 9.34. The first-order valence-electron chi connectivity index (χ1n) is 5.84. The van der Waals surface area contributed by atoms with Gasteiger partial charge in [-0.25, -0.2) is 4.79 Å². The van der Waals surface area contributed by atoms with Crippen LogP contribution >= 0.6 is 0 Å². The van der Waals surface area contributed by atoms with Crippen molar-refractivity contribution in [2.45, 2.75) is 50.2 Å². The van der Waals surface area contributed by atoms with E-state index in [1.807, 2.05) is 0 Å². The molecule has 0 spiro atoms. The van der Waals surface area contributed by atoms with Crippen LogP contribution in [-0.4, -0.2) is 31.3 Å². The molecule has 4 nitrogen and oxygen atoms in total. The Kier molecular flexibility index (Phi) is 3.14. The number of rotatable bonds is 4. The van der Waals surface area contributed by atoms with Crippen molar-refractivity contribution in [3.8, 4) is 0 Å². The molecule has 2 saturated carbocycles. The third-order valence-electron chi connectivity index (χ3n) is 3.71. The van der Waals surface area contributed by atoms with Gasteiger partial charge in [-0.05, 0) is 38.5 Å². The maximum absolute atomic E-state index is 11.5. The zero-order valence-electron chi connectivity index (χ0n) is 9.34. The lowest BCUT2D eigenvalue weighted by Gasteiger charge is -2.40. The van der Waals surface area contributed by atoms with E-state index in [2.05, 4.69) is 10.6 Å². The number of amides is 2. The summed E-state index contributed by atoms with van der Waals surface area (Å²) in [6.07, 6.45) is 6.83. The number of methoxy groups -OCH3 is 1. The molecule has 2 amide bonds. The minimum atomic E-state index is -0.0725. The molecule has 0 bridgehead atoms. The Balaban J connectivity index is 1.65. The van der Waals surface area contributed by atoms with E-state index >= 15 is 0 Å². The monoisotopic (exact) mass is 212 g/mol. The van der Waals surface area contributed by atoms with Gasteiger partial charge in [-0.3, -0.25) is 0 Å². The van der Waals surface area contributed by atoms with Gasteiger partial charge in [-0.15, -0.1) is 0 Å². The fourth-order valence-electron chi connectivity index (χ4n) is 2.05. The zero-order chi connectivity index (χ0) is 10.7. The third kappa shape index (κ3) is 2.43. The second-order valence-corrected chi connectivity index (χ2v) is 4.70. The van der Waals surface area contributed by atoms with Crippen LogP contribution in [0.3, 0.4) is 0 Å². The van der Waals surface area contributed by atoms with Crippen molar-refractivity contribution in [1.82, 2.24) is 10.6 Å². The first kappa shape index (κ1) is 10.7. The molecular weight excluding hydrogens is 192 g/mol. The molecule has 0 heterocycles. The van der Waals surface area contributed by atoms with E-state index in [9.17, 15) is 4.79 Å². The topological polar surface area (TPSA) is 50.4 Å². The molecule has 15 heavy (non-hydrogen) atoms. The molecule has 0 aromatic rings. The Bertz CT molecular complexity index is 229. The lowest BCUT2D eigenvalue weighted by atomic mass is 9.80. The van der Waals surface area contributed by atoms with Crippen molar-refractivity contribution in [2.24, 2.45) is 0 Å². The summed E-state index contributed by atoms with van der Waals surface area (Å²) in [6, 6.07) is 0.368. The minimum Gasteiger partial charge on any atom is -0.376 e. The Labute approximate surface area is 90.8 Å². The van der Waals surface area contributed by atoms with Gasteiger partial charge < -0.3 is 15.4 Å². The summed E-state index contributed by atoms with van der Waals surface area (Å²) in [5.74, 6) is 0. The number of carbonyl (C=O) groups excluding carboxylic acids is 1. The van der Waals surface area contributed by atoms with Crippen molar-refractivity contribution in [3.63, 3.8) is 0 Å². The van der Waals surface area contributed by atoms with E-state index in [1.54, 1.807) is 7.11 Å². The summed E-state index contributed by atoms with van der Waals surface area (Å²) >= 11 is 0. The van der Waals surface area contributed by atoms with Gasteiger partial charge in [0.1, 0.15) is 0 Å². The molecule has 2 fully saturated rings. The average Bonchev–Trinajstić information content (AvgIpc) is 2.10. The molecule has 2 aliphatic rings. The van der Waals surface area contributed by atoms with Gasteiger partial charge in [-0.1, -0.05) is 0 Å². The first-order valence-corrected chi connectivity index (χ1v) is 5.84. The van der Waals surface area contributed by atoms with Gasteiger partial charge in [-0.2, -0.15) is 0 Å². The number of carbonyl (C=O) groups is 1. The molecule has 0 aromatic carbocycles. The fraction of sp³-hybridized carbons (Fsp3) is 0.909. The third-order valence-corrected chi connectivity index (χ3v) is 3.71. The van der Waals surface area contributed by atoms with Crippen LogP contribution in [0, 0.1) is 0 Å². The van der Waals surface area contributed by atoms with E-state index in [0.29, 0.717) is 12.6 Å². The van der Waals surface area contributed by atoms with E-state index in [4.69, 9.17) is 4.74 Å². The van der Waals surface area contributed by atoms with Gasteiger partial charge in [0.15, 0.2) is 0 Å². The predicted molar refractivity (Wildman–Crippen MR) is 57.8 cm³/mol. The highest BCUT2D eigenvalue weighted by atomic mass is 16.5. The predicted octanol–water partition coefficient (Wildman–Crippen LogP) is 1.41. The largest absolute Gasteiger partial charge is 0.376 e. The molecule has 4 heteroatoms. The van der Waals surface area contributed by atoms with Gasteiger partial charge in [0.25, 0.3) is 0 Å². The molecule has 2 aliphatic carbocycles. The van der Waals surface area contributed by atoms with E-state index in [1.165, 1.54) is 12.8 Å². The van der Waals surface area contributed by atoms with Crippen molar-refractivity contribution >= 4 is 6.03 Å². The van der Waals surface area contributed by atoms with Crippen LogP contribution in [0.25, 0.3) is 0 Å². The Morgan fingerprint density at radius 2 is 2.13 bits per heavy atom. The summed E-state index contributed by atoms with van der Waals surface area (Å²) in [5.41, 5.74) is -0.0725. The van der Waals surface area contributed by atoms with E-state index < -0.39 is 0 Å². The summed E-state index contributed by atoms with van der Waals surface area (Å²) in [7, 11) is 1.73.